The standard InChI is InChI=1S/C39H49N5O8/c1-38(2,3)52-37(49)43-39(4,5)36(48)42-30(25-51-24-26-15-9-7-10-16-26)33(45)41-29-20-13-19-28(23-29)40-32(27-17-11-8-12-18-27)34(46)44-22-14-21-31(44)35(47)50-6/h7-13,15-20,23,30-32,40H,14,21-22,24-25H2,1-6H3,(H,41,45)(H,42,48)(H,43,49)/t30-,31?,32?/m1/s1. The summed E-state index contributed by atoms with van der Waals surface area (Å²) >= 11 is 0. The molecule has 0 bridgehead atoms. The first-order chi connectivity index (χ1) is 24.7. The molecule has 0 saturated carbocycles. The predicted octanol–water partition coefficient (Wildman–Crippen LogP) is 4.95. The van der Waals surface area contributed by atoms with Gasteiger partial charge >= 0.3 is 12.1 Å². The van der Waals surface area contributed by atoms with Gasteiger partial charge in [-0.2, -0.15) is 0 Å². The molecule has 0 radical (unpaired) electrons. The summed E-state index contributed by atoms with van der Waals surface area (Å²) in [4.78, 5) is 67.6. The third-order valence-corrected chi connectivity index (χ3v) is 8.23. The lowest BCUT2D eigenvalue weighted by Crippen LogP contribution is -2.59. The van der Waals surface area contributed by atoms with Crippen molar-refractivity contribution in [3.8, 4) is 0 Å². The monoisotopic (exact) mass is 715 g/mol. The number of anilines is 2. The first-order valence-electron chi connectivity index (χ1n) is 17.2. The van der Waals surface area contributed by atoms with E-state index in [-0.39, 0.29) is 19.1 Å². The smallest absolute Gasteiger partial charge is 0.408 e. The number of alkyl carbamates (subject to hydrolysis) is 1. The van der Waals surface area contributed by atoms with Gasteiger partial charge in [0.15, 0.2) is 0 Å². The average molecular weight is 716 g/mol. The van der Waals surface area contributed by atoms with Gasteiger partial charge in [0.2, 0.25) is 17.7 Å². The van der Waals surface area contributed by atoms with Crippen molar-refractivity contribution < 1.29 is 38.2 Å². The molecule has 0 spiro atoms. The summed E-state index contributed by atoms with van der Waals surface area (Å²) < 4.78 is 16.1. The van der Waals surface area contributed by atoms with Gasteiger partial charge in [-0.05, 0) is 76.8 Å². The van der Waals surface area contributed by atoms with Gasteiger partial charge in [-0.3, -0.25) is 14.4 Å². The number of hydrogen-bond donors (Lipinski definition) is 4. The molecule has 1 saturated heterocycles. The highest BCUT2D eigenvalue weighted by Gasteiger charge is 2.39. The number of rotatable bonds is 14. The molecular formula is C39H49N5O8. The van der Waals surface area contributed by atoms with Crippen LogP contribution < -0.4 is 21.3 Å². The van der Waals surface area contributed by atoms with E-state index >= 15 is 0 Å². The highest BCUT2D eigenvalue weighted by atomic mass is 16.6. The topological polar surface area (TPSA) is 164 Å². The number of benzene rings is 3. The fraction of sp³-hybridized carbons (Fsp3) is 0.410. The Bertz CT molecular complexity index is 1690. The molecule has 278 valence electrons. The number of esters is 1. The zero-order valence-electron chi connectivity index (χ0n) is 30.6. The van der Waals surface area contributed by atoms with E-state index in [0.29, 0.717) is 36.3 Å². The Kier molecular flexibility index (Phi) is 13.4. The van der Waals surface area contributed by atoms with Gasteiger partial charge in [0.25, 0.3) is 0 Å². The van der Waals surface area contributed by atoms with Gasteiger partial charge in [0, 0.05) is 17.9 Å². The summed E-state index contributed by atoms with van der Waals surface area (Å²) in [5, 5.41) is 11.4. The number of nitrogens with one attached hydrogen (secondary N) is 4. The van der Waals surface area contributed by atoms with Crippen LogP contribution in [0.2, 0.25) is 0 Å². The fourth-order valence-corrected chi connectivity index (χ4v) is 5.60. The summed E-state index contributed by atoms with van der Waals surface area (Å²) in [7, 11) is 1.31. The van der Waals surface area contributed by atoms with Crippen LogP contribution in [0, 0.1) is 0 Å². The third kappa shape index (κ3) is 11.3. The molecule has 2 unspecified atom stereocenters. The molecule has 3 aromatic rings. The van der Waals surface area contributed by atoms with Crippen molar-refractivity contribution in [1.82, 2.24) is 15.5 Å². The summed E-state index contributed by atoms with van der Waals surface area (Å²) in [6, 6.07) is 22.7. The molecule has 13 heteroatoms. The van der Waals surface area contributed by atoms with Crippen LogP contribution >= 0.6 is 0 Å². The van der Waals surface area contributed by atoms with Crippen molar-refractivity contribution in [2.24, 2.45) is 0 Å². The van der Waals surface area contributed by atoms with Crippen molar-refractivity contribution >= 4 is 41.2 Å². The minimum absolute atomic E-state index is 0.172. The highest BCUT2D eigenvalue weighted by molar-refractivity contribution is 5.99. The van der Waals surface area contributed by atoms with Gasteiger partial charge in [0.05, 0.1) is 20.3 Å². The largest absolute Gasteiger partial charge is 0.467 e. The number of ether oxygens (including phenoxy) is 3. The Labute approximate surface area is 304 Å². The SMILES string of the molecule is COC(=O)C1CCCN1C(=O)C(Nc1cccc(NC(=O)[C@@H](COCc2ccccc2)NC(=O)C(C)(C)NC(=O)OC(C)(C)C)c1)c1ccccc1. The van der Waals surface area contributed by atoms with Crippen molar-refractivity contribution in [3.63, 3.8) is 0 Å². The molecule has 1 aliphatic rings. The Balaban J connectivity index is 1.52. The minimum atomic E-state index is -1.44. The van der Waals surface area contributed by atoms with E-state index in [4.69, 9.17) is 14.2 Å². The lowest BCUT2D eigenvalue weighted by molar-refractivity contribution is -0.151. The number of methoxy groups -OCH3 is 1. The van der Waals surface area contributed by atoms with Crippen LogP contribution in [-0.4, -0.2) is 78.2 Å². The van der Waals surface area contributed by atoms with Crippen LogP contribution in [0.1, 0.15) is 64.6 Å². The lowest BCUT2D eigenvalue weighted by atomic mass is 10.0. The Morgan fingerprint density at radius 3 is 2.17 bits per heavy atom. The fourth-order valence-electron chi connectivity index (χ4n) is 5.60. The van der Waals surface area contributed by atoms with Crippen LogP contribution in [0.15, 0.2) is 84.9 Å². The zero-order valence-corrected chi connectivity index (χ0v) is 30.6. The van der Waals surface area contributed by atoms with Gasteiger partial charge in [0.1, 0.15) is 29.3 Å². The minimum Gasteiger partial charge on any atom is -0.467 e. The van der Waals surface area contributed by atoms with Gasteiger partial charge in [-0.15, -0.1) is 0 Å². The summed E-state index contributed by atoms with van der Waals surface area (Å²) in [6.07, 6.45) is 0.411. The molecule has 4 amide bonds. The van der Waals surface area contributed by atoms with Crippen LogP contribution in [-0.2, 0) is 40.0 Å². The molecule has 1 aliphatic heterocycles. The normalized spacial score (nSPS) is 15.5. The molecule has 4 N–H and O–H groups in total. The molecule has 1 heterocycles. The molecule has 52 heavy (non-hydrogen) atoms. The summed E-state index contributed by atoms with van der Waals surface area (Å²) in [6.45, 7) is 8.58. The van der Waals surface area contributed by atoms with E-state index in [1.54, 1.807) is 49.9 Å². The van der Waals surface area contributed by atoms with Crippen molar-refractivity contribution in [2.75, 3.05) is 30.9 Å². The Morgan fingerprint density at radius 1 is 0.865 bits per heavy atom. The number of nitrogens with zero attached hydrogens (tertiary/aromatic N) is 1. The van der Waals surface area contributed by atoms with Gasteiger partial charge < -0.3 is 40.4 Å². The second kappa shape index (κ2) is 17.7. The summed E-state index contributed by atoms with van der Waals surface area (Å²) in [5.74, 6) is -1.94. The van der Waals surface area contributed by atoms with Crippen molar-refractivity contribution in [1.29, 1.82) is 0 Å². The summed E-state index contributed by atoms with van der Waals surface area (Å²) in [5.41, 5.74) is 0.271. The first kappa shape index (κ1) is 39.4. The highest BCUT2D eigenvalue weighted by Crippen LogP contribution is 2.28. The Morgan fingerprint density at radius 2 is 1.52 bits per heavy atom. The average Bonchev–Trinajstić information content (AvgIpc) is 3.60. The second-order valence-corrected chi connectivity index (χ2v) is 14.0. The van der Waals surface area contributed by atoms with Crippen molar-refractivity contribution in [2.45, 2.75) is 83.3 Å². The number of carbonyl (C=O) groups excluding carboxylic acids is 5. The van der Waals surface area contributed by atoms with Gasteiger partial charge in [-0.1, -0.05) is 66.7 Å². The lowest BCUT2D eigenvalue weighted by Gasteiger charge is -2.29. The quantitative estimate of drug-likeness (QED) is 0.169. The van der Waals surface area contributed by atoms with Gasteiger partial charge in [-0.25, -0.2) is 9.59 Å². The number of amides is 4. The maximum Gasteiger partial charge on any atom is 0.408 e. The number of carbonyl (C=O) groups is 5. The molecule has 1 fully saturated rings. The first-order valence-corrected chi connectivity index (χ1v) is 17.2. The molecule has 4 rings (SSSR count). The molecule has 0 aromatic heterocycles. The van der Waals surface area contributed by atoms with E-state index in [9.17, 15) is 24.0 Å². The molecule has 3 atom stereocenters. The molecule has 13 nitrogen and oxygen atoms in total. The van der Waals surface area contributed by atoms with E-state index < -0.39 is 53.1 Å². The Hall–Kier alpha value is -5.43. The second-order valence-electron chi connectivity index (χ2n) is 14.0. The van der Waals surface area contributed by atoms with E-state index in [1.165, 1.54) is 21.0 Å². The molecular weight excluding hydrogens is 666 g/mol. The van der Waals surface area contributed by atoms with E-state index in [0.717, 1.165) is 5.56 Å². The zero-order chi connectivity index (χ0) is 37.9. The predicted molar refractivity (Wildman–Crippen MR) is 196 cm³/mol. The maximum absolute atomic E-state index is 14.0. The molecule has 3 aromatic carbocycles. The van der Waals surface area contributed by atoms with Crippen LogP contribution in [0.4, 0.5) is 16.2 Å². The maximum atomic E-state index is 14.0. The van der Waals surface area contributed by atoms with Crippen molar-refractivity contribution in [3.05, 3.63) is 96.1 Å². The third-order valence-electron chi connectivity index (χ3n) is 8.23. The van der Waals surface area contributed by atoms with Crippen LogP contribution in [0.25, 0.3) is 0 Å². The van der Waals surface area contributed by atoms with Crippen LogP contribution in [0.3, 0.4) is 0 Å². The number of hydrogen-bond acceptors (Lipinski definition) is 9. The number of likely N-dealkylation sites (tertiary alicyclic amines) is 1. The van der Waals surface area contributed by atoms with E-state index in [2.05, 4.69) is 21.3 Å². The van der Waals surface area contributed by atoms with E-state index in [1.807, 2.05) is 60.7 Å². The molecule has 0 aliphatic carbocycles. The van der Waals surface area contributed by atoms with Crippen LogP contribution in [0.5, 0.6) is 0 Å².